The summed E-state index contributed by atoms with van der Waals surface area (Å²) in [5.41, 5.74) is 4.00. The highest BCUT2D eigenvalue weighted by atomic mass is 16.5. The molecule has 2 aromatic carbocycles. The van der Waals surface area contributed by atoms with Crippen molar-refractivity contribution in [1.29, 1.82) is 0 Å². The van der Waals surface area contributed by atoms with Crippen molar-refractivity contribution >= 4 is 5.97 Å². The van der Waals surface area contributed by atoms with Gasteiger partial charge in [-0.2, -0.15) is 5.21 Å². The first-order valence-electron chi connectivity index (χ1n) is 12.5. The summed E-state index contributed by atoms with van der Waals surface area (Å²) >= 11 is 0. The van der Waals surface area contributed by atoms with Gasteiger partial charge in [0.25, 0.3) is 0 Å². The van der Waals surface area contributed by atoms with Gasteiger partial charge in [-0.05, 0) is 47.4 Å². The molecule has 0 unspecified atom stereocenters. The quantitative estimate of drug-likeness (QED) is 0.279. The van der Waals surface area contributed by atoms with Crippen LogP contribution < -0.4 is 10.4 Å². The molecule has 3 aromatic heterocycles. The number of carboxylic acids is 1. The molecule has 11 heteroatoms. The van der Waals surface area contributed by atoms with Gasteiger partial charge >= 0.3 is 11.7 Å². The molecule has 0 amide bonds. The molecular weight excluding hydrogens is 498 g/mol. The van der Waals surface area contributed by atoms with Crippen LogP contribution in [0, 0.1) is 0 Å². The number of hydrogen-bond donors (Lipinski definition) is 2. The van der Waals surface area contributed by atoms with E-state index in [-0.39, 0.29) is 16.9 Å². The number of para-hydroxylation sites is 1. The van der Waals surface area contributed by atoms with E-state index in [0.29, 0.717) is 30.2 Å². The summed E-state index contributed by atoms with van der Waals surface area (Å²) in [6, 6.07) is 16.3. The maximum Gasteiger partial charge on any atom is 0.337 e. The van der Waals surface area contributed by atoms with Gasteiger partial charge in [0.05, 0.1) is 19.2 Å². The van der Waals surface area contributed by atoms with Gasteiger partial charge in [-0.25, -0.2) is 9.59 Å². The number of aryl methyl sites for hydroxylation is 1. The summed E-state index contributed by atoms with van der Waals surface area (Å²) in [4.78, 5) is 30.1. The molecule has 0 saturated heterocycles. The minimum Gasteiger partial charge on any atom is -0.495 e. The van der Waals surface area contributed by atoms with E-state index in [9.17, 15) is 14.7 Å². The number of carboxylic acid groups (broad SMARTS) is 1. The number of imidazole rings is 1. The van der Waals surface area contributed by atoms with Crippen molar-refractivity contribution < 1.29 is 14.6 Å². The van der Waals surface area contributed by atoms with Crippen molar-refractivity contribution in [3.05, 3.63) is 94.3 Å². The molecule has 0 fully saturated rings. The molecule has 0 bridgehead atoms. The van der Waals surface area contributed by atoms with E-state index >= 15 is 0 Å². The van der Waals surface area contributed by atoms with Crippen LogP contribution >= 0.6 is 0 Å². The average Bonchev–Trinajstić information content (AvgIpc) is 3.61. The topological polar surface area (TPSA) is 141 Å². The molecule has 0 radical (unpaired) electrons. The number of H-pyrrole nitrogens is 1. The van der Waals surface area contributed by atoms with Crippen LogP contribution in [0.5, 0.6) is 5.75 Å². The van der Waals surface area contributed by atoms with E-state index in [0.717, 1.165) is 35.2 Å². The van der Waals surface area contributed by atoms with E-state index in [2.05, 4.69) is 32.5 Å². The van der Waals surface area contributed by atoms with Crippen LogP contribution in [0.25, 0.3) is 28.3 Å². The third-order valence-corrected chi connectivity index (χ3v) is 6.51. The number of aromatic carboxylic acids is 1. The van der Waals surface area contributed by atoms with Crippen molar-refractivity contribution in [2.75, 3.05) is 7.11 Å². The second-order valence-electron chi connectivity index (χ2n) is 8.96. The van der Waals surface area contributed by atoms with Gasteiger partial charge in [-0.15, -0.1) is 10.2 Å². The number of benzene rings is 2. The van der Waals surface area contributed by atoms with Crippen LogP contribution in [-0.2, 0) is 13.0 Å². The molecule has 0 aliphatic heterocycles. The average molecular weight is 526 g/mol. The molecule has 0 aliphatic rings. The number of unbranched alkanes of at least 4 members (excludes halogenated alkanes) is 1. The molecule has 0 saturated carbocycles. The zero-order valence-electron chi connectivity index (χ0n) is 21.5. The van der Waals surface area contributed by atoms with Gasteiger partial charge in [0, 0.05) is 23.7 Å². The highest BCUT2D eigenvalue weighted by Crippen LogP contribution is 2.29. The normalized spacial score (nSPS) is 11.0. The number of methoxy groups -OCH3 is 1. The van der Waals surface area contributed by atoms with Crippen molar-refractivity contribution in [3.63, 3.8) is 0 Å². The predicted molar refractivity (Wildman–Crippen MR) is 144 cm³/mol. The van der Waals surface area contributed by atoms with E-state index < -0.39 is 5.97 Å². The van der Waals surface area contributed by atoms with Gasteiger partial charge in [-0.3, -0.25) is 14.1 Å². The molecule has 2 N–H and O–H groups in total. The van der Waals surface area contributed by atoms with E-state index in [1.54, 1.807) is 29.1 Å². The van der Waals surface area contributed by atoms with Gasteiger partial charge in [0.1, 0.15) is 17.1 Å². The molecule has 5 aromatic rings. The fraction of sp³-hybridized carbons (Fsp3) is 0.214. The SMILES string of the molecule is CCCCc1cn(-c2c(OC)cccc2C(=O)O)c(=O)n1Cc1ccc(-c2cccnc2-c2nn[nH]n2)cc1. The van der Waals surface area contributed by atoms with Crippen LogP contribution in [0.3, 0.4) is 0 Å². The van der Waals surface area contributed by atoms with Crippen molar-refractivity contribution in [3.8, 4) is 34.1 Å². The lowest BCUT2D eigenvalue weighted by atomic mass is 10.0. The van der Waals surface area contributed by atoms with E-state index in [1.165, 1.54) is 17.7 Å². The molecule has 0 spiro atoms. The summed E-state index contributed by atoms with van der Waals surface area (Å²) in [6.45, 7) is 2.41. The number of nitrogens with zero attached hydrogens (tertiary/aromatic N) is 6. The van der Waals surface area contributed by atoms with Gasteiger partial charge in [-0.1, -0.05) is 49.7 Å². The molecule has 3 heterocycles. The summed E-state index contributed by atoms with van der Waals surface area (Å²) in [5, 5.41) is 24.0. The Morgan fingerprint density at radius 1 is 1.10 bits per heavy atom. The fourth-order valence-corrected chi connectivity index (χ4v) is 4.57. The number of ether oxygens (including phenoxy) is 1. The lowest BCUT2D eigenvalue weighted by Gasteiger charge is -2.11. The molecular formula is C28H27N7O4. The smallest absolute Gasteiger partial charge is 0.337 e. The number of rotatable bonds is 10. The minimum absolute atomic E-state index is 0.00567. The van der Waals surface area contributed by atoms with E-state index in [1.807, 2.05) is 36.4 Å². The summed E-state index contributed by atoms with van der Waals surface area (Å²) in [5.74, 6) is -0.417. The molecule has 5 rings (SSSR count). The van der Waals surface area contributed by atoms with Crippen molar-refractivity contribution in [2.24, 2.45) is 0 Å². The Bertz CT molecular complexity index is 1650. The standard InChI is InChI=1S/C28H27N7O4/c1-3-4-7-20-17-35(25-22(27(36)37)8-5-10-23(25)39-2)28(38)34(20)16-18-11-13-19(14-12-18)21-9-6-15-29-24(21)26-30-32-33-31-26/h5-6,8-15,17H,3-4,7,16H2,1-2H3,(H,36,37)(H,30,31,32,33). The van der Waals surface area contributed by atoms with Crippen LogP contribution in [0.15, 0.2) is 71.8 Å². The maximum atomic E-state index is 13.7. The number of carbonyl (C=O) groups is 1. The second kappa shape index (κ2) is 11.1. The largest absolute Gasteiger partial charge is 0.495 e. The van der Waals surface area contributed by atoms with Crippen LogP contribution in [0.4, 0.5) is 0 Å². The highest BCUT2D eigenvalue weighted by molar-refractivity contribution is 5.93. The van der Waals surface area contributed by atoms with Crippen LogP contribution in [-0.4, -0.2) is 52.9 Å². The Hall–Kier alpha value is -5.06. The number of pyridine rings is 1. The first-order valence-corrected chi connectivity index (χ1v) is 12.5. The summed E-state index contributed by atoms with van der Waals surface area (Å²) in [7, 11) is 1.46. The fourth-order valence-electron chi connectivity index (χ4n) is 4.57. The molecule has 0 atom stereocenters. The third kappa shape index (κ3) is 5.06. The predicted octanol–water partition coefficient (Wildman–Crippen LogP) is 3.98. The van der Waals surface area contributed by atoms with Gasteiger partial charge < -0.3 is 9.84 Å². The summed E-state index contributed by atoms with van der Waals surface area (Å²) < 4.78 is 8.51. The number of aromatic nitrogens is 7. The number of nitrogens with one attached hydrogen (secondary N) is 1. The van der Waals surface area contributed by atoms with Gasteiger partial charge in [0.15, 0.2) is 0 Å². The Morgan fingerprint density at radius 2 is 1.92 bits per heavy atom. The Morgan fingerprint density at radius 3 is 2.62 bits per heavy atom. The zero-order valence-corrected chi connectivity index (χ0v) is 21.5. The number of tetrazole rings is 1. The summed E-state index contributed by atoms with van der Waals surface area (Å²) in [6.07, 6.45) is 5.93. The van der Waals surface area contributed by atoms with Crippen LogP contribution in [0.2, 0.25) is 0 Å². The Labute approximate surface area is 223 Å². The highest BCUT2D eigenvalue weighted by Gasteiger charge is 2.21. The Kier molecular flexibility index (Phi) is 7.30. The first-order chi connectivity index (χ1) is 19.0. The first kappa shape index (κ1) is 25.6. The third-order valence-electron chi connectivity index (χ3n) is 6.51. The van der Waals surface area contributed by atoms with Crippen molar-refractivity contribution in [2.45, 2.75) is 32.7 Å². The molecule has 11 nitrogen and oxygen atoms in total. The second-order valence-corrected chi connectivity index (χ2v) is 8.96. The number of hydrogen-bond acceptors (Lipinski definition) is 7. The van der Waals surface area contributed by atoms with Gasteiger partial charge in [0.2, 0.25) is 5.82 Å². The minimum atomic E-state index is -1.13. The lowest BCUT2D eigenvalue weighted by molar-refractivity contribution is 0.0696. The lowest BCUT2D eigenvalue weighted by Crippen LogP contribution is -2.26. The van der Waals surface area contributed by atoms with Crippen molar-refractivity contribution in [1.82, 2.24) is 34.7 Å². The molecule has 0 aliphatic carbocycles. The number of aromatic amines is 1. The maximum absolute atomic E-state index is 13.7. The van der Waals surface area contributed by atoms with Crippen LogP contribution in [0.1, 0.15) is 41.4 Å². The Balaban J connectivity index is 1.53. The molecule has 198 valence electrons. The van der Waals surface area contributed by atoms with E-state index in [4.69, 9.17) is 4.74 Å². The zero-order chi connectivity index (χ0) is 27.4. The monoisotopic (exact) mass is 525 g/mol. The molecule has 39 heavy (non-hydrogen) atoms.